The van der Waals surface area contributed by atoms with E-state index in [1.165, 1.54) is 12.2 Å². The molecule has 5 aliphatic rings. The molecule has 2 aliphatic carbocycles. The Labute approximate surface area is 214 Å². The van der Waals surface area contributed by atoms with E-state index in [1.54, 1.807) is 27.7 Å². The molecule has 0 N–H and O–H groups in total. The Morgan fingerprint density at radius 1 is 0.595 bits per heavy atom. The van der Waals surface area contributed by atoms with E-state index in [1.807, 2.05) is 0 Å². The van der Waals surface area contributed by atoms with Gasteiger partial charge in [-0.25, -0.2) is 9.59 Å². The van der Waals surface area contributed by atoms with Gasteiger partial charge in [0.15, 0.2) is 0 Å². The van der Waals surface area contributed by atoms with Gasteiger partial charge >= 0.3 is 23.9 Å². The Morgan fingerprint density at radius 3 is 1.38 bits per heavy atom. The van der Waals surface area contributed by atoms with Crippen LogP contribution in [-0.4, -0.2) is 74.7 Å². The van der Waals surface area contributed by atoms with Gasteiger partial charge in [0.2, 0.25) is 0 Å². The zero-order valence-electron chi connectivity index (χ0n) is 21.5. The lowest BCUT2D eigenvalue weighted by atomic mass is 9.51. The number of ether oxygens (including phenoxy) is 7. The van der Waals surface area contributed by atoms with Crippen LogP contribution < -0.4 is 0 Å². The van der Waals surface area contributed by atoms with Gasteiger partial charge in [0.05, 0.1) is 48.0 Å². The fourth-order valence-corrected chi connectivity index (χ4v) is 7.06. The molecule has 202 valence electrons. The smallest absolute Gasteiger partial charge is 0.334 e. The highest BCUT2D eigenvalue weighted by Crippen LogP contribution is 2.62. The third-order valence-corrected chi connectivity index (χ3v) is 8.16. The quantitative estimate of drug-likeness (QED) is 0.341. The maximum absolute atomic E-state index is 13.1. The first kappa shape index (κ1) is 25.6. The van der Waals surface area contributed by atoms with Crippen molar-refractivity contribution in [3.63, 3.8) is 0 Å². The van der Waals surface area contributed by atoms with Crippen molar-refractivity contribution < 1.29 is 52.3 Å². The maximum Gasteiger partial charge on any atom is 0.334 e. The fourth-order valence-electron chi connectivity index (χ4n) is 7.06. The molecule has 1 saturated heterocycles. The highest BCUT2D eigenvalue weighted by atomic mass is 16.6. The van der Waals surface area contributed by atoms with Crippen LogP contribution in [0.1, 0.15) is 40.5 Å². The minimum atomic E-state index is -0.976. The van der Waals surface area contributed by atoms with Crippen LogP contribution in [0.4, 0.5) is 0 Å². The highest BCUT2D eigenvalue weighted by molar-refractivity contribution is 5.88. The molecular formula is C26H32O11. The van der Waals surface area contributed by atoms with E-state index in [9.17, 15) is 19.2 Å². The summed E-state index contributed by atoms with van der Waals surface area (Å²) in [5.74, 6) is -2.38. The van der Waals surface area contributed by atoms with Gasteiger partial charge in [0, 0.05) is 12.8 Å². The van der Waals surface area contributed by atoms with Gasteiger partial charge in [-0.3, -0.25) is 9.59 Å². The van der Waals surface area contributed by atoms with Gasteiger partial charge in [-0.1, -0.05) is 0 Å². The molecule has 3 fully saturated rings. The van der Waals surface area contributed by atoms with E-state index in [4.69, 9.17) is 33.2 Å². The summed E-state index contributed by atoms with van der Waals surface area (Å²) in [5.41, 5.74) is -3.72. The molecule has 5 rings (SSSR count). The summed E-state index contributed by atoms with van der Waals surface area (Å²) < 4.78 is 39.3. The number of hydrogen-bond donors (Lipinski definition) is 0. The fraction of sp³-hybridized carbons (Fsp3) is 0.692. The third kappa shape index (κ3) is 4.07. The Morgan fingerprint density at radius 2 is 0.973 bits per heavy atom. The molecular weight excluding hydrogens is 488 g/mol. The summed E-state index contributed by atoms with van der Waals surface area (Å²) in [5, 5.41) is 0. The lowest BCUT2D eigenvalue weighted by Crippen LogP contribution is -2.66. The molecule has 0 aromatic rings. The Balaban J connectivity index is 1.34. The van der Waals surface area contributed by atoms with Gasteiger partial charge in [0.1, 0.15) is 49.1 Å². The summed E-state index contributed by atoms with van der Waals surface area (Å²) >= 11 is 0. The summed E-state index contributed by atoms with van der Waals surface area (Å²) in [6.45, 7) is 7.44. The van der Waals surface area contributed by atoms with Crippen LogP contribution in [0.15, 0.2) is 23.7 Å². The molecule has 0 amide bonds. The Kier molecular flexibility index (Phi) is 6.04. The molecule has 6 atom stereocenters. The Bertz CT molecular complexity index is 1010. The normalized spacial score (nSPS) is 42.3. The van der Waals surface area contributed by atoms with Crippen LogP contribution in [0.25, 0.3) is 0 Å². The second kappa shape index (κ2) is 8.75. The van der Waals surface area contributed by atoms with Crippen molar-refractivity contribution in [3.8, 4) is 0 Å². The SMILES string of the molecule is C[C@]12C[C@@]3(C)C(=O)OCCOC(=O)[C@@]4(C)C[C@]5(C)OC(=O)C=C(OCCOCCOC(=CC(=O)O1)[C@H]23)[C@@H]54. The molecule has 3 aliphatic heterocycles. The maximum atomic E-state index is 13.1. The first-order chi connectivity index (χ1) is 17.4. The van der Waals surface area contributed by atoms with Crippen LogP contribution in [0, 0.1) is 22.7 Å². The molecule has 0 bridgehead atoms. The molecule has 2 saturated carbocycles. The average Bonchev–Trinajstić information content (AvgIpc) is 2.77. The average molecular weight is 521 g/mol. The second-order valence-corrected chi connectivity index (χ2v) is 11.2. The second-order valence-electron chi connectivity index (χ2n) is 11.2. The van der Waals surface area contributed by atoms with E-state index >= 15 is 0 Å². The number of hydrogen-bond acceptors (Lipinski definition) is 11. The van der Waals surface area contributed by atoms with Crippen molar-refractivity contribution in [2.45, 2.75) is 51.7 Å². The third-order valence-electron chi connectivity index (χ3n) is 8.16. The monoisotopic (exact) mass is 520 g/mol. The summed E-state index contributed by atoms with van der Waals surface area (Å²) in [6, 6.07) is 0. The first-order valence-corrected chi connectivity index (χ1v) is 12.5. The highest BCUT2D eigenvalue weighted by Gasteiger charge is 2.70. The molecule has 0 unspecified atom stereocenters. The summed E-state index contributed by atoms with van der Waals surface area (Å²) in [6.07, 6.45) is 3.06. The molecule has 0 spiro atoms. The predicted octanol–water partition coefficient (Wildman–Crippen LogP) is 1.59. The minimum absolute atomic E-state index is 0.136. The van der Waals surface area contributed by atoms with Gasteiger partial charge < -0.3 is 33.2 Å². The lowest BCUT2D eigenvalue weighted by Gasteiger charge is -2.58. The van der Waals surface area contributed by atoms with Crippen molar-refractivity contribution in [3.05, 3.63) is 23.7 Å². The van der Waals surface area contributed by atoms with E-state index in [0.29, 0.717) is 11.5 Å². The van der Waals surface area contributed by atoms with Gasteiger partial charge in [0.25, 0.3) is 0 Å². The van der Waals surface area contributed by atoms with Gasteiger partial charge in [-0.2, -0.15) is 0 Å². The number of carbonyl (C=O) groups excluding carboxylic acids is 4. The molecule has 3 heterocycles. The zero-order chi connectivity index (χ0) is 26.6. The van der Waals surface area contributed by atoms with E-state index in [0.717, 1.165) is 0 Å². The largest absolute Gasteiger partial charge is 0.495 e. The predicted molar refractivity (Wildman–Crippen MR) is 122 cm³/mol. The van der Waals surface area contributed by atoms with Crippen molar-refractivity contribution in [1.29, 1.82) is 0 Å². The van der Waals surface area contributed by atoms with Crippen molar-refractivity contribution in [2.75, 3.05) is 39.6 Å². The molecule has 0 radical (unpaired) electrons. The number of esters is 4. The van der Waals surface area contributed by atoms with E-state index in [2.05, 4.69) is 0 Å². The van der Waals surface area contributed by atoms with Crippen molar-refractivity contribution in [2.24, 2.45) is 22.7 Å². The van der Waals surface area contributed by atoms with E-state index in [-0.39, 0.29) is 52.5 Å². The molecule has 11 nitrogen and oxygen atoms in total. The number of carbonyl (C=O) groups is 4. The zero-order valence-corrected chi connectivity index (χ0v) is 21.5. The number of rotatable bonds is 0. The van der Waals surface area contributed by atoms with Crippen LogP contribution in [0.3, 0.4) is 0 Å². The lowest BCUT2D eigenvalue weighted by molar-refractivity contribution is -0.229. The minimum Gasteiger partial charge on any atom is -0.495 e. The number of cyclic esters (lactones) is 2. The van der Waals surface area contributed by atoms with E-state index < -0.39 is 57.7 Å². The van der Waals surface area contributed by atoms with Crippen LogP contribution >= 0.6 is 0 Å². The first-order valence-electron chi connectivity index (χ1n) is 12.5. The van der Waals surface area contributed by atoms with Crippen LogP contribution in [0.2, 0.25) is 0 Å². The topological polar surface area (TPSA) is 133 Å². The summed E-state index contributed by atoms with van der Waals surface area (Å²) in [4.78, 5) is 50.4. The van der Waals surface area contributed by atoms with Crippen LogP contribution in [-0.2, 0) is 52.3 Å². The molecule has 0 aromatic heterocycles. The Hall–Kier alpha value is -3.08. The van der Waals surface area contributed by atoms with Gasteiger partial charge in [-0.15, -0.1) is 0 Å². The molecule has 11 heteroatoms. The van der Waals surface area contributed by atoms with Crippen molar-refractivity contribution >= 4 is 23.9 Å². The standard InChI is InChI=1S/C26H32O11/c1-23-13-25(3)19(23)15(11-17(27)36-25)32-7-5-31-6-8-33-16-12-18(28)37-26(4)14-24(2,20(16)26)22(30)35-10-9-34-21(23)29/h11-12,19-20H,5-10,13-14H2,1-4H3/t19-,20+,23+,24-,25+,26-. The van der Waals surface area contributed by atoms with Gasteiger partial charge in [-0.05, 0) is 27.7 Å². The van der Waals surface area contributed by atoms with Crippen LogP contribution in [0.5, 0.6) is 0 Å². The van der Waals surface area contributed by atoms with Crippen molar-refractivity contribution in [1.82, 2.24) is 0 Å². The molecule has 0 aromatic carbocycles. The molecule has 37 heavy (non-hydrogen) atoms. The summed E-state index contributed by atoms with van der Waals surface area (Å²) in [7, 11) is 0.